The van der Waals surface area contributed by atoms with Crippen molar-refractivity contribution in [2.45, 2.75) is 0 Å². The van der Waals surface area contributed by atoms with Gasteiger partial charge in [0.05, 0.1) is 11.9 Å². The van der Waals surface area contributed by atoms with Crippen molar-refractivity contribution in [3.05, 3.63) is 72.9 Å². The molecule has 0 atom stereocenters. The van der Waals surface area contributed by atoms with E-state index in [0.29, 0.717) is 30.5 Å². The van der Waals surface area contributed by atoms with Crippen LogP contribution in [0.1, 0.15) is 10.5 Å². The standard InChI is InChI=1S/C20H18N8O2/c29-20(16-11-17(30-28-16)14-3-1-7-21-12-14)24-10-9-23-18-5-6-19(27-26-18)25-15-4-2-8-22-13-15/h1-8,11-13H,9-10H2,(H,23,26)(H,24,29)(H,25,27). The highest BCUT2D eigenvalue weighted by Crippen LogP contribution is 2.18. The second-order valence-corrected chi connectivity index (χ2v) is 6.17. The topological polar surface area (TPSA) is 131 Å². The zero-order valence-electron chi connectivity index (χ0n) is 15.8. The van der Waals surface area contributed by atoms with Crippen molar-refractivity contribution in [1.82, 2.24) is 30.6 Å². The molecular weight excluding hydrogens is 384 g/mol. The molecule has 10 heteroatoms. The Hall–Kier alpha value is -4.34. The first-order chi connectivity index (χ1) is 14.8. The number of rotatable bonds is 8. The van der Waals surface area contributed by atoms with Crippen LogP contribution in [0.2, 0.25) is 0 Å². The van der Waals surface area contributed by atoms with Crippen molar-refractivity contribution in [3.8, 4) is 11.3 Å². The molecule has 0 aromatic carbocycles. The average Bonchev–Trinajstić information content (AvgIpc) is 3.30. The van der Waals surface area contributed by atoms with Crippen molar-refractivity contribution in [2.75, 3.05) is 23.7 Å². The number of hydrogen-bond donors (Lipinski definition) is 3. The third-order valence-electron chi connectivity index (χ3n) is 4.00. The first-order valence-electron chi connectivity index (χ1n) is 9.18. The fourth-order valence-electron chi connectivity index (χ4n) is 2.56. The van der Waals surface area contributed by atoms with Gasteiger partial charge >= 0.3 is 0 Å². The van der Waals surface area contributed by atoms with E-state index in [1.807, 2.05) is 18.2 Å². The molecule has 0 aliphatic carbocycles. The average molecular weight is 402 g/mol. The van der Waals surface area contributed by atoms with Gasteiger partial charge in [0.15, 0.2) is 17.3 Å². The summed E-state index contributed by atoms with van der Waals surface area (Å²) in [5.41, 5.74) is 1.79. The molecule has 4 rings (SSSR count). The zero-order chi connectivity index (χ0) is 20.6. The van der Waals surface area contributed by atoms with Gasteiger partial charge in [0.2, 0.25) is 0 Å². The number of carbonyl (C=O) groups excluding carboxylic acids is 1. The van der Waals surface area contributed by atoms with Gasteiger partial charge in [0.25, 0.3) is 5.91 Å². The normalized spacial score (nSPS) is 10.4. The van der Waals surface area contributed by atoms with E-state index in [1.54, 1.807) is 49.1 Å². The van der Waals surface area contributed by atoms with Gasteiger partial charge < -0.3 is 20.5 Å². The van der Waals surface area contributed by atoms with Gasteiger partial charge in [-0.1, -0.05) is 5.16 Å². The maximum atomic E-state index is 12.2. The Kier molecular flexibility index (Phi) is 5.85. The van der Waals surface area contributed by atoms with Crippen LogP contribution < -0.4 is 16.0 Å². The lowest BCUT2D eigenvalue weighted by molar-refractivity contribution is 0.0946. The minimum atomic E-state index is -0.321. The van der Waals surface area contributed by atoms with E-state index in [9.17, 15) is 4.79 Å². The molecule has 3 N–H and O–H groups in total. The third-order valence-corrected chi connectivity index (χ3v) is 4.00. The summed E-state index contributed by atoms with van der Waals surface area (Å²) >= 11 is 0. The number of pyridine rings is 2. The van der Waals surface area contributed by atoms with Crippen LogP contribution in [0.15, 0.2) is 71.8 Å². The lowest BCUT2D eigenvalue weighted by Gasteiger charge is -2.07. The summed E-state index contributed by atoms with van der Waals surface area (Å²) in [5, 5.41) is 21.0. The number of nitrogens with one attached hydrogen (secondary N) is 3. The van der Waals surface area contributed by atoms with Crippen molar-refractivity contribution in [1.29, 1.82) is 0 Å². The van der Waals surface area contributed by atoms with E-state index < -0.39 is 0 Å². The number of hydrogen-bond acceptors (Lipinski definition) is 9. The molecule has 1 amide bonds. The Bertz CT molecular complexity index is 1080. The summed E-state index contributed by atoms with van der Waals surface area (Å²) in [6.07, 6.45) is 6.70. The van der Waals surface area contributed by atoms with Gasteiger partial charge in [-0.05, 0) is 36.4 Å². The molecule has 30 heavy (non-hydrogen) atoms. The summed E-state index contributed by atoms with van der Waals surface area (Å²) in [6, 6.07) is 12.5. The second-order valence-electron chi connectivity index (χ2n) is 6.17. The minimum Gasteiger partial charge on any atom is -0.367 e. The molecule has 0 bridgehead atoms. The van der Waals surface area contributed by atoms with Gasteiger partial charge in [0.1, 0.15) is 5.82 Å². The van der Waals surface area contributed by atoms with E-state index in [2.05, 4.69) is 41.3 Å². The fraction of sp³-hybridized carbons (Fsp3) is 0.100. The third kappa shape index (κ3) is 4.93. The first-order valence-corrected chi connectivity index (χ1v) is 9.18. The van der Waals surface area contributed by atoms with E-state index in [4.69, 9.17) is 4.52 Å². The van der Waals surface area contributed by atoms with Crippen molar-refractivity contribution in [3.63, 3.8) is 0 Å². The number of carbonyl (C=O) groups is 1. The van der Waals surface area contributed by atoms with Crippen LogP contribution in [0.4, 0.5) is 17.3 Å². The van der Waals surface area contributed by atoms with Gasteiger partial charge in [-0.15, -0.1) is 10.2 Å². The molecular formula is C20H18N8O2. The molecule has 150 valence electrons. The highest BCUT2D eigenvalue weighted by molar-refractivity contribution is 5.93. The monoisotopic (exact) mass is 402 g/mol. The quantitative estimate of drug-likeness (QED) is 0.380. The van der Waals surface area contributed by atoms with Crippen molar-refractivity contribution < 1.29 is 9.32 Å². The number of anilines is 3. The van der Waals surface area contributed by atoms with E-state index in [-0.39, 0.29) is 11.6 Å². The molecule has 0 fully saturated rings. The Labute approximate surface area is 171 Å². The predicted octanol–water partition coefficient (Wildman–Crippen LogP) is 2.51. The van der Waals surface area contributed by atoms with Crippen molar-refractivity contribution in [2.24, 2.45) is 0 Å². The molecule has 0 saturated carbocycles. The Morgan fingerprint density at radius 3 is 2.47 bits per heavy atom. The lowest BCUT2D eigenvalue weighted by Crippen LogP contribution is -2.29. The smallest absolute Gasteiger partial charge is 0.273 e. The molecule has 4 heterocycles. The highest BCUT2D eigenvalue weighted by atomic mass is 16.5. The Morgan fingerprint density at radius 1 is 0.933 bits per heavy atom. The maximum absolute atomic E-state index is 12.2. The summed E-state index contributed by atoms with van der Waals surface area (Å²) in [5.74, 6) is 1.37. The SMILES string of the molecule is O=C(NCCNc1ccc(Nc2cccnc2)nn1)c1cc(-c2cccnc2)on1. The number of amides is 1. The number of aromatic nitrogens is 5. The Balaban J connectivity index is 1.22. The molecule has 0 saturated heterocycles. The summed E-state index contributed by atoms with van der Waals surface area (Å²) in [7, 11) is 0. The fourth-order valence-corrected chi connectivity index (χ4v) is 2.56. The van der Waals surface area contributed by atoms with Crippen LogP contribution in [0.25, 0.3) is 11.3 Å². The molecule has 10 nitrogen and oxygen atoms in total. The molecule has 0 radical (unpaired) electrons. The molecule has 0 aliphatic rings. The maximum Gasteiger partial charge on any atom is 0.273 e. The lowest BCUT2D eigenvalue weighted by atomic mass is 10.2. The molecule has 4 aromatic rings. The second kappa shape index (κ2) is 9.24. The van der Waals surface area contributed by atoms with Gasteiger partial charge in [0, 0.05) is 43.3 Å². The van der Waals surface area contributed by atoms with Gasteiger partial charge in [-0.25, -0.2) is 0 Å². The summed E-state index contributed by atoms with van der Waals surface area (Å²) in [6.45, 7) is 0.856. The summed E-state index contributed by atoms with van der Waals surface area (Å²) in [4.78, 5) is 20.2. The van der Waals surface area contributed by atoms with Crippen LogP contribution in [0.5, 0.6) is 0 Å². The van der Waals surface area contributed by atoms with E-state index in [0.717, 1.165) is 11.3 Å². The van der Waals surface area contributed by atoms with Crippen LogP contribution in [0, 0.1) is 0 Å². The largest absolute Gasteiger partial charge is 0.367 e. The minimum absolute atomic E-state index is 0.208. The van der Waals surface area contributed by atoms with Crippen LogP contribution in [-0.4, -0.2) is 44.3 Å². The molecule has 0 unspecified atom stereocenters. The molecule has 0 aliphatic heterocycles. The van der Waals surface area contributed by atoms with Crippen LogP contribution in [-0.2, 0) is 0 Å². The molecule has 4 aromatic heterocycles. The highest BCUT2D eigenvalue weighted by Gasteiger charge is 2.13. The van der Waals surface area contributed by atoms with Crippen LogP contribution >= 0.6 is 0 Å². The zero-order valence-corrected chi connectivity index (χ0v) is 15.8. The van der Waals surface area contributed by atoms with Gasteiger partial charge in [-0.2, -0.15) is 0 Å². The predicted molar refractivity (Wildman–Crippen MR) is 110 cm³/mol. The van der Waals surface area contributed by atoms with E-state index in [1.165, 1.54) is 0 Å². The van der Waals surface area contributed by atoms with Crippen molar-refractivity contribution >= 4 is 23.2 Å². The number of nitrogens with zero attached hydrogens (tertiary/aromatic N) is 5. The van der Waals surface area contributed by atoms with Crippen LogP contribution in [0.3, 0.4) is 0 Å². The first kappa shape index (κ1) is 19.0. The van der Waals surface area contributed by atoms with E-state index >= 15 is 0 Å². The molecule has 0 spiro atoms. The van der Waals surface area contributed by atoms with Gasteiger partial charge in [-0.3, -0.25) is 14.8 Å². The summed E-state index contributed by atoms with van der Waals surface area (Å²) < 4.78 is 5.21. The Morgan fingerprint density at radius 2 is 1.73 bits per heavy atom.